The third-order valence-corrected chi connectivity index (χ3v) is 5.16. The second kappa shape index (κ2) is 6.09. The van der Waals surface area contributed by atoms with Crippen LogP contribution in [0.2, 0.25) is 0 Å². The zero-order valence-electron chi connectivity index (χ0n) is 14.5. The van der Waals surface area contributed by atoms with Crippen LogP contribution >= 0.6 is 0 Å². The molecule has 1 saturated heterocycles. The molecular formula is C19H20N6O. The smallest absolute Gasteiger partial charge is 0.225 e. The van der Waals surface area contributed by atoms with Crippen molar-refractivity contribution in [1.82, 2.24) is 24.6 Å². The molecule has 132 valence electrons. The summed E-state index contributed by atoms with van der Waals surface area (Å²) in [5.74, 6) is 1.52. The van der Waals surface area contributed by atoms with Gasteiger partial charge in [-0.1, -0.05) is 18.2 Å². The van der Waals surface area contributed by atoms with Crippen molar-refractivity contribution in [2.45, 2.75) is 12.8 Å². The molecule has 1 saturated carbocycles. The Morgan fingerprint density at radius 2 is 1.77 bits per heavy atom. The number of piperazine rings is 1. The molecule has 1 amide bonds. The first-order valence-corrected chi connectivity index (χ1v) is 9.09. The van der Waals surface area contributed by atoms with Gasteiger partial charge in [-0.3, -0.25) is 4.79 Å². The van der Waals surface area contributed by atoms with Crippen LogP contribution in [0.15, 0.2) is 42.9 Å². The Morgan fingerprint density at radius 3 is 2.50 bits per heavy atom. The number of para-hydroxylation sites is 1. The van der Waals surface area contributed by atoms with Crippen molar-refractivity contribution in [2.75, 3.05) is 31.1 Å². The fourth-order valence-corrected chi connectivity index (χ4v) is 3.57. The predicted octanol–water partition coefficient (Wildman–Crippen LogP) is 1.87. The molecule has 7 heteroatoms. The van der Waals surface area contributed by atoms with Crippen LogP contribution in [0.25, 0.3) is 16.7 Å². The zero-order valence-corrected chi connectivity index (χ0v) is 14.5. The van der Waals surface area contributed by atoms with E-state index in [0.717, 1.165) is 61.6 Å². The number of anilines is 1. The minimum Gasteiger partial charge on any atom is -0.352 e. The quantitative estimate of drug-likeness (QED) is 0.723. The number of hydrogen-bond donors (Lipinski definition) is 0. The van der Waals surface area contributed by atoms with Gasteiger partial charge in [0, 0.05) is 32.1 Å². The third kappa shape index (κ3) is 2.60. The van der Waals surface area contributed by atoms with Crippen LogP contribution < -0.4 is 4.90 Å². The Labute approximate surface area is 151 Å². The highest BCUT2D eigenvalue weighted by molar-refractivity contribution is 5.88. The van der Waals surface area contributed by atoms with Crippen LogP contribution in [0.3, 0.4) is 0 Å². The number of aromatic nitrogens is 4. The van der Waals surface area contributed by atoms with Gasteiger partial charge in [-0.2, -0.15) is 5.10 Å². The number of nitrogens with zero attached hydrogens (tertiary/aromatic N) is 6. The topological polar surface area (TPSA) is 67.2 Å². The van der Waals surface area contributed by atoms with Crippen molar-refractivity contribution < 1.29 is 4.79 Å². The summed E-state index contributed by atoms with van der Waals surface area (Å²) in [5, 5.41) is 5.46. The minimum absolute atomic E-state index is 0.288. The van der Waals surface area contributed by atoms with Gasteiger partial charge in [0.25, 0.3) is 0 Å². The molecule has 1 aromatic carbocycles. The molecule has 2 fully saturated rings. The highest BCUT2D eigenvalue weighted by Gasteiger charge is 2.35. The lowest BCUT2D eigenvalue weighted by molar-refractivity contribution is -0.132. The molecule has 2 aromatic heterocycles. The van der Waals surface area contributed by atoms with E-state index < -0.39 is 0 Å². The molecule has 1 aliphatic heterocycles. The normalized spacial score (nSPS) is 17.7. The van der Waals surface area contributed by atoms with Crippen molar-refractivity contribution in [3.05, 3.63) is 42.9 Å². The summed E-state index contributed by atoms with van der Waals surface area (Å²) in [6, 6.07) is 9.98. The largest absolute Gasteiger partial charge is 0.352 e. The standard InChI is InChI=1S/C19H20N6O/c26-19(14-6-7-14)24-10-8-23(9-11-24)17-16-12-22-25(18(16)21-13-20-17)15-4-2-1-3-5-15/h1-5,12-14H,6-11H2. The first-order chi connectivity index (χ1) is 12.8. The number of hydrogen-bond acceptors (Lipinski definition) is 5. The Morgan fingerprint density at radius 1 is 1.00 bits per heavy atom. The first-order valence-electron chi connectivity index (χ1n) is 9.09. The molecule has 3 heterocycles. The fourth-order valence-electron chi connectivity index (χ4n) is 3.57. The molecule has 2 aliphatic rings. The number of carbonyl (C=O) groups excluding carboxylic acids is 1. The average Bonchev–Trinajstić information content (AvgIpc) is 3.46. The summed E-state index contributed by atoms with van der Waals surface area (Å²) < 4.78 is 1.84. The first kappa shape index (κ1) is 15.3. The van der Waals surface area contributed by atoms with E-state index in [2.05, 4.69) is 20.0 Å². The average molecular weight is 348 g/mol. The van der Waals surface area contributed by atoms with Crippen LogP contribution in [0.1, 0.15) is 12.8 Å². The molecule has 0 spiro atoms. The third-order valence-electron chi connectivity index (χ3n) is 5.16. The van der Waals surface area contributed by atoms with E-state index >= 15 is 0 Å². The van der Waals surface area contributed by atoms with Crippen LogP contribution in [0.4, 0.5) is 5.82 Å². The lowest BCUT2D eigenvalue weighted by atomic mass is 10.2. The second-order valence-electron chi connectivity index (χ2n) is 6.91. The molecule has 5 rings (SSSR count). The molecule has 0 N–H and O–H groups in total. The lowest BCUT2D eigenvalue weighted by Crippen LogP contribution is -2.49. The van der Waals surface area contributed by atoms with E-state index in [9.17, 15) is 4.79 Å². The molecule has 0 atom stereocenters. The predicted molar refractivity (Wildman–Crippen MR) is 98.2 cm³/mol. The maximum atomic E-state index is 12.2. The summed E-state index contributed by atoms with van der Waals surface area (Å²) in [6.45, 7) is 3.10. The lowest BCUT2D eigenvalue weighted by Gasteiger charge is -2.35. The van der Waals surface area contributed by atoms with Gasteiger partial charge in [0.15, 0.2) is 5.65 Å². The molecule has 0 unspecified atom stereocenters. The minimum atomic E-state index is 0.288. The molecular weight excluding hydrogens is 328 g/mol. The van der Waals surface area contributed by atoms with Crippen molar-refractivity contribution in [1.29, 1.82) is 0 Å². The Balaban J connectivity index is 1.41. The maximum Gasteiger partial charge on any atom is 0.225 e. The van der Waals surface area contributed by atoms with Crippen molar-refractivity contribution in [3.8, 4) is 5.69 Å². The Bertz CT molecular complexity index is 941. The molecule has 0 bridgehead atoms. The van der Waals surface area contributed by atoms with Gasteiger partial charge < -0.3 is 9.80 Å². The molecule has 0 radical (unpaired) electrons. The van der Waals surface area contributed by atoms with Gasteiger partial charge in [-0.15, -0.1) is 0 Å². The van der Waals surface area contributed by atoms with Gasteiger partial charge in [0.1, 0.15) is 12.1 Å². The maximum absolute atomic E-state index is 12.2. The highest BCUT2D eigenvalue weighted by Crippen LogP contribution is 2.32. The SMILES string of the molecule is O=C(C1CC1)N1CCN(c2ncnc3c2cnn3-c2ccccc2)CC1. The highest BCUT2D eigenvalue weighted by atomic mass is 16.2. The van der Waals surface area contributed by atoms with E-state index in [4.69, 9.17) is 0 Å². The molecule has 3 aromatic rings. The zero-order chi connectivity index (χ0) is 17.5. The van der Waals surface area contributed by atoms with Gasteiger partial charge in [0.05, 0.1) is 17.3 Å². The van der Waals surface area contributed by atoms with E-state index in [1.54, 1.807) is 6.33 Å². The van der Waals surface area contributed by atoms with Crippen LogP contribution in [0, 0.1) is 5.92 Å². The van der Waals surface area contributed by atoms with Gasteiger partial charge in [-0.25, -0.2) is 14.6 Å². The molecule has 7 nitrogen and oxygen atoms in total. The van der Waals surface area contributed by atoms with Crippen molar-refractivity contribution in [2.24, 2.45) is 5.92 Å². The number of rotatable bonds is 3. The van der Waals surface area contributed by atoms with Gasteiger partial charge in [-0.05, 0) is 25.0 Å². The second-order valence-corrected chi connectivity index (χ2v) is 6.91. The van der Waals surface area contributed by atoms with E-state index in [1.165, 1.54) is 0 Å². The van der Waals surface area contributed by atoms with Crippen LogP contribution in [0.5, 0.6) is 0 Å². The number of fused-ring (bicyclic) bond motifs is 1. The number of amides is 1. The van der Waals surface area contributed by atoms with E-state index in [0.29, 0.717) is 5.91 Å². The summed E-state index contributed by atoms with van der Waals surface area (Å²) in [6.07, 6.45) is 5.55. The molecule has 26 heavy (non-hydrogen) atoms. The van der Waals surface area contributed by atoms with Crippen LogP contribution in [-0.2, 0) is 4.79 Å². The van der Waals surface area contributed by atoms with Gasteiger partial charge in [0.2, 0.25) is 5.91 Å². The summed E-state index contributed by atoms with van der Waals surface area (Å²) in [4.78, 5) is 25.4. The Kier molecular flexibility index (Phi) is 3.58. The van der Waals surface area contributed by atoms with Crippen molar-refractivity contribution in [3.63, 3.8) is 0 Å². The van der Waals surface area contributed by atoms with Gasteiger partial charge >= 0.3 is 0 Å². The van der Waals surface area contributed by atoms with E-state index in [1.807, 2.05) is 46.1 Å². The number of carbonyl (C=O) groups is 1. The summed E-state index contributed by atoms with van der Waals surface area (Å²) in [7, 11) is 0. The summed E-state index contributed by atoms with van der Waals surface area (Å²) >= 11 is 0. The number of benzene rings is 1. The summed E-state index contributed by atoms with van der Waals surface area (Å²) in [5.41, 5.74) is 1.78. The molecule has 1 aliphatic carbocycles. The van der Waals surface area contributed by atoms with E-state index in [-0.39, 0.29) is 5.92 Å². The Hall–Kier alpha value is -2.96. The van der Waals surface area contributed by atoms with Crippen LogP contribution in [-0.4, -0.2) is 56.7 Å². The van der Waals surface area contributed by atoms with Crippen molar-refractivity contribution >= 4 is 22.8 Å². The fraction of sp³-hybridized carbons (Fsp3) is 0.368. The monoisotopic (exact) mass is 348 g/mol.